The molecule has 0 radical (unpaired) electrons. The number of aromatic nitrogens is 2. The van der Waals surface area contributed by atoms with Gasteiger partial charge in [-0.05, 0) is 37.3 Å². The minimum atomic E-state index is -0.596. The number of rotatable bonds is 8. The van der Waals surface area contributed by atoms with Crippen LogP contribution in [0.3, 0.4) is 0 Å². The van der Waals surface area contributed by atoms with Crippen LogP contribution in [0.15, 0.2) is 46.9 Å². The van der Waals surface area contributed by atoms with E-state index in [0.29, 0.717) is 23.7 Å². The number of nitro benzene ring substituents is 1. The van der Waals surface area contributed by atoms with Gasteiger partial charge in [0.15, 0.2) is 18.1 Å². The smallest absolute Gasteiger partial charge is 0.338 e. The molecule has 1 aromatic heterocycles. The van der Waals surface area contributed by atoms with E-state index in [1.165, 1.54) is 37.4 Å². The lowest BCUT2D eigenvalue weighted by Crippen LogP contribution is -2.06. The number of ether oxygens (including phenoxy) is 3. The molecule has 150 valence electrons. The van der Waals surface area contributed by atoms with Gasteiger partial charge in [0.25, 0.3) is 11.6 Å². The Morgan fingerprint density at radius 2 is 1.90 bits per heavy atom. The molecule has 0 aliphatic heterocycles. The molecule has 0 atom stereocenters. The van der Waals surface area contributed by atoms with Crippen LogP contribution in [0.4, 0.5) is 5.69 Å². The van der Waals surface area contributed by atoms with Crippen LogP contribution in [0.2, 0.25) is 0 Å². The van der Waals surface area contributed by atoms with Crippen LogP contribution in [0.1, 0.15) is 23.2 Å². The number of carbonyl (C=O) groups is 1. The highest BCUT2D eigenvalue weighted by Gasteiger charge is 2.15. The average molecular weight is 399 g/mol. The number of hydrogen-bond donors (Lipinski definition) is 0. The van der Waals surface area contributed by atoms with Gasteiger partial charge in [-0.2, -0.15) is 0 Å². The van der Waals surface area contributed by atoms with E-state index in [0.717, 1.165) is 0 Å². The van der Waals surface area contributed by atoms with Gasteiger partial charge in [-0.3, -0.25) is 10.1 Å². The van der Waals surface area contributed by atoms with Crippen molar-refractivity contribution in [1.82, 2.24) is 10.2 Å². The van der Waals surface area contributed by atoms with E-state index in [-0.39, 0.29) is 29.6 Å². The summed E-state index contributed by atoms with van der Waals surface area (Å²) in [5.41, 5.74) is 0.741. The van der Waals surface area contributed by atoms with Crippen molar-refractivity contribution >= 4 is 11.7 Å². The summed E-state index contributed by atoms with van der Waals surface area (Å²) in [6.45, 7) is 2.08. The van der Waals surface area contributed by atoms with Crippen LogP contribution >= 0.6 is 0 Å². The molecule has 1 heterocycles. The van der Waals surface area contributed by atoms with Gasteiger partial charge in [-0.25, -0.2) is 4.79 Å². The molecule has 0 N–H and O–H groups in total. The Bertz CT molecular complexity index is 1010. The molecule has 3 aromatic rings. The maximum absolute atomic E-state index is 12.3. The summed E-state index contributed by atoms with van der Waals surface area (Å²) in [4.78, 5) is 22.5. The van der Waals surface area contributed by atoms with Crippen LogP contribution < -0.4 is 9.47 Å². The Hall–Kier alpha value is -3.95. The second-order valence-corrected chi connectivity index (χ2v) is 5.68. The van der Waals surface area contributed by atoms with E-state index >= 15 is 0 Å². The predicted molar refractivity (Wildman–Crippen MR) is 99.7 cm³/mol. The van der Waals surface area contributed by atoms with Gasteiger partial charge in [0, 0.05) is 17.7 Å². The number of non-ortho nitro benzene ring substituents is 1. The molecule has 0 spiro atoms. The maximum Gasteiger partial charge on any atom is 0.338 e. The molecule has 10 nitrogen and oxygen atoms in total. The standard InChI is InChI=1S/C19H17N3O7/c1-3-27-15-9-6-13(10-16(15)26-2)19(23)28-11-17-20-21-18(29-17)12-4-7-14(8-5-12)22(24)25/h4-10H,3,11H2,1-2H3. The molecular weight excluding hydrogens is 382 g/mol. The van der Waals surface area contributed by atoms with Crippen molar-refractivity contribution in [2.45, 2.75) is 13.5 Å². The van der Waals surface area contributed by atoms with E-state index in [1.807, 2.05) is 6.92 Å². The summed E-state index contributed by atoms with van der Waals surface area (Å²) in [5, 5.41) is 18.4. The second-order valence-electron chi connectivity index (χ2n) is 5.68. The predicted octanol–water partition coefficient (Wildman–Crippen LogP) is 3.41. The SMILES string of the molecule is CCOc1ccc(C(=O)OCc2nnc(-c3ccc([N+](=O)[O-])cc3)o2)cc1OC. The van der Waals surface area contributed by atoms with Gasteiger partial charge in [0.1, 0.15) is 0 Å². The summed E-state index contributed by atoms with van der Waals surface area (Å²) in [6, 6.07) is 10.4. The van der Waals surface area contributed by atoms with Crippen molar-refractivity contribution in [3.05, 3.63) is 64.0 Å². The molecular formula is C19H17N3O7. The van der Waals surface area contributed by atoms with Gasteiger partial charge < -0.3 is 18.6 Å². The molecule has 0 bridgehead atoms. The van der Waals surface area contributed by atoms with E-state index in [1.54, 1.807) is 12.1 Å². The number of nitrogens with zero attached hydrogens (tertiary/aromatic N) is 3. The number of carbonyl (C=O) groups excluding carboxylic acids is 1. The molecule has 29 heavy (non-hydrogen) atoms. The minimum Gasteiger partial charge on any atom is -0.493 e. The van der Waals surface area contributed by atoms with Crippen molar-refractivity contribution in [1.29, 1.82) is 0 Å². The molecule has 0 unspecified atom stereocenters. The molecule has 0 saturated carbocycles. The number of esters is 1. The summed E-state index contributed by atoms with van der Waals surface area (Å²) in [5.74, 6) is 0.593. The third-order valence-electron chi connectivity index (χ3n) is 3.82. The second kappa shape index (κ2) is 8.83. The summed E-state index contributed by atoms with van der Waals surface area (Å²) in [6.07, 6.45) is 0. The summed E-state index contributed by atoms with van der Waals surface area (Å²) < 4.78 is 21.3. The Morgan fingerprint density at radius 1 is 1.14 bits per heavy atom. The number of methoxy groups -OCH3 is 1. The summed E-state index contributed by atoms with van der Waals surface area (Å²) in [7, 11) is 1.48. The highest BCUT2D eigenvalue weighted by molar-refractivity contribution is 5.90. The zero-order valence-corrected chi connectivity index (χ0v) is 15.7. The zero-order chi connectivity index (χ0) is 20.8. The van der Waals surface area contributed by atoms with Crippen LogP contribution in [-0.4, -0.2) is 34.8 Å². The van der Waals surface area contributed by atoms with Crippen molar-refractivity contribution < 1.29 is 28.3 Å². The van der Waals surface area contributed by atoms with Gasteiger partial charge in [-0.1, -0.05) is 0 Å². The number of nitro groups is 1. The van der Waals surface area contributed by atoms with Crippen LogP contribution in [-0.2, 0) is 11.3 Å². The van der Waals surface area contributed by atoms with Gasteiger partial charge >= 0.3 is 5.97 Å². The number of benzene rings is 2. The lowest BCUT2D eigenvalue weighted by Gasteiger charge is -2.10. The highest BCUT2D eigenvalue weighted by atomic mass is 16.6. The fraction of sp³-hybridized carbons (Fsp3) is 0.211. The van der Waals surface area contributed by atoms with Crippen molar-refractivity contribution in [3.8, 4) is 23.0 Å². The third-order valence-corrected chi connectivity index (χ3v) is 3.82. The van der Waals surface area contributed by atoms with Crippen LogP contribution in [0.25, 0.3) is 11.5 Å². The fourth-order valence-electron chi connectivity index (χ4n) is 2.43. The van der Waals surface area contributed by atoms with Gasteiger partial charge in [0.2, 0.25) is 5.89 Å². The van der Waals surface area contributed by atoms with Crippen molar-refractivity contribution in [2.75, 3.05) is 13.7 Å². The van der Waals surface area contributed by atoms with Crippen LogP contribution in [0, 0.1) is 10.1 Å². The van der Waals surface area contributed by atoms with E-state index in [9.17, 15) is 14.9 Å². The van der Waals surface area contributed by atoms with E-state index in [2.05, 4.69) is 10.2 Å². The maximum atomic E-state index is 12.3. The van der Waals surface area contributed by atoms with Gasteiger partial charge in [-0.15, -0.1) is 10.2 Å². The van der Waals surface area contributed by atoms with Crippen molar-refractivity contribution in [2.24, 2.45) is 0 Å². The Kier molecular flexibility index (Phi) is 6.03. The average Bonchev–Trinajstić information content (AvgIpc) is 3.21. The number of hydrogen-bond acceptors (Lipinski definition) is 9. The first-order chi connectivity index (χ1) is 14.0. The largest absolute Gasteiger partial charge is 0.493 e. The quantitative estimate of drug-likeness (QED) is 0.318. The molecule has 10 heteroatoms. The first-order valence-electron chi connectivity index (χ1n) is 8.57. The fourth-order valence-corrected chi connectivity index (χ4v) is 2.43. The lowest BCUT2D eigenvalue weighted by molar-refractivity contribution is -0.384. The zero-order valence-electron chi connectivity index (χ0n) is 15.7. The Morgan fingerprint density at radius 3 is 2.55 bits per heavy atom. The first kappa shape index (κ1) is 19.8. The normalized spacial score (nSPS) is 10.4. The molecule has 2 aromatic carbocycles. The topological polar surface area (TPSA) is 127 Å². The van der Waals surface area contributed by atoms with E-state index < -0.39 is 10.9 Å². The monoisotopic (exact) mass is 399 g/mol. The Balaban J connectivity index is 1.64. The Labute approximate surface area is 165 Å². The summed E-state index contributed by atoms with van der Waals surface area (Å²) >= 11 is 0. The third kappa shape index (κ3) is 4.67. The molecule has 0 amide bonds. The molecule has 3 rings (SSSR count). The van der Waals surface area contributed by atoms with Crippen molar-refractivity contribution in [3.63, 3.8) is 0 Å². The molecule has 0 fully saturated rings. The van der Waals surface area contributed by atoms with E-state index in [4.69, 9.17) is 18.6 Å². The highest BCUT2D eigenvalue weighted by Crippen LogP contribution is 2.28. The minimum absolute atomic E-state index is 0.0480. The lowest BCUT2D eigenvalue weighted by atomic mass is 10.2. The molecule has 0 aliphatic carbocycles. The van der Waals surface area contributed by atoms with Crippen LogP contribution in [0.5, 0.6) is 11.5 Å². The molecule has 0 saturated heterocycles. The van der Waals surface area contributed by atoms with Gasteiger partial charge in [0.05, 0.1) is 24.2 Å². The first-order valence-corrected chi connectivity index (χ1v) is 8.57. The molecule has 0 aliphatic rings.